The molecule has 1 saturated heterocycles. The third-order valence-corrected chi connectivity index (χ3v) is 8.22. The molecule has 6 heteroatoms. The summed E-state index contributed by atoms with van der Waals surface area (Å²) in [7, 11) is 0. The van der Waals surface area contributed by atoms with Crippen LogP contribution in [-0.4, -0.2) is 30.3 Å². The zero-order valence-corrected chi connectivity index (χ0v) is 18.8. The lowest BCUT2D eigenvalue weighted by molar-refractivity contribution is 0.00598. The van der Waals surface area contributed by atoms with Crippen LogP contribution in [0.5, 0.6) is 5.75 Å². The molecular weight excluding hydrogens is 412 g/mol. The van der Waals surface area contributed by atoms with Gasteiger partial charge in [0.2, 0.25) is 0 Å². The molecule has 0 spiro atoms. The van der Waals surface area contributed by atoms with Crippen LogP contribution in [-0.2, 0) is 4.74 Å². The van der Waals surface area contributed by atoms with Gasteiger partial charge in [0, 0.05) is 30.8 Å². The first kappa shape index (κ1) is 21.3. The van der Waals surface area contributed by atoms with Crippen molar-refractivity contribution in [1.29, 1.82) is 0 Å². The number of H-pyrrole nitrogens is 1. The van der Waals surface area contributed by atoms with Crippen LogP contribution in [0.1, 0.15) is 57.8 Å². The number of nitrogens with one attached hydrogen (secondary N) is 1. The number of benzene rings is 1. The molecule has 5 rings (SSSR count). The van der Waals surface area contributed by atoms with E-state index < -0.39 is 0 Å². The van der Waals surface area contributed by atoms with Crippen LogP contribution >= 0.6 is 11.6 Å². The van der Waals surface area contributed by atoms with E-state index in [1.807, 2.05) is 12.1 Å². The van der Waals surface area contributed by atoms with Crippen molar-refractivity contribution in [3.05, 3.63) is 39.8 Å². The number of hydrogen-bond acceptors (Lipinski definition) is 4. The molecule has 1 aromatic heterocycles. The lowest BCUT2D eigenvalue weighted by Gasteiger charge is -2.47. The molecule has 3 N–H and O–H groups in total. The van der Waals surface area contributed by atoms with Gasteiger partial charge in [-0.15, -0.1) is 0 Å². The van der Waals surface area contributed by atoms with Crippen LogP contribution in [0.15, 0.2) is 29.2 Å². The van der Waals surface area contributed by atoms with Crippen LogP contribution in [0.25, 0.3) is 10.8 Å². The number of pyridine rings is 1. The number of aromatic amines is 1. The van der Waals surface area contributed by atoms with E-state index in [1.165, 1.54) is 32.1 Å². The van der Waals surface area contributed by atoms with Crippen molar-refractivity contribution in [2.75, 3.05) is 13.2 Å². The Morgan fingerprint density at radius 2 is 1.90 bits per heavy atom. The van der Waals surface area contributed by atoms with Gasteiger partial charge in [0.05, 0.1) is 11.1 Å². The fourth-order valence-electron chi connectivity index (χ4n) is 5.90. The Morgan fingerprint density at radius 1 is 1.16 bits per heavy atom. The van der Waals surface area contributed by atoms with Crippen LogP contribution < -0.4 is 16.0 Å². The third kappa shape index (κ3) is 4.50. The molecule has 1 atom stereocenters. The standard InChI is InChI=1S/C25H33ClN2O3/c26-21-14-20-18(5-10-28-24(20)29)13-22(21)31-19-3-8-25(9-4-19,23(27)17-1-2-17)15-16-6-11-30-12-7-16/h5,10,13-14,16-17,19,23H,1-4,6-9,11-12,15,27H2,(H,28,29)/t19-,23-,25-/m1/s1. The first-order valence-corrected chi connectivity index (χ1v) is 12.2. The minimum absolute atomic E-state index is 0.129. The van der Waals surface area contributed by atoms with E-state index in [4.69, 9.17) is 26.8 Å². The summed E-state index contributed by atoms with van der Waals surface area (Å²) in [5.74, 6) is 2.13. The van der Waals surface area contributed by atoms with Crippen molar-refractivity contribution in [1.82, 2.24) is 4.98 Å². The van der Waals surface area contributed by atoms with Crippen LogP contribution in [0.4, 0.5) is 0 Å². The number of hydrogen-bond donors (Lipinski definition) is 2. The number of rotatable bonds is 6. The summed E-state index contributed by atoms with van der Waals surface area (Å²) in [5, 5.41) is 1.94. The van der Waals surface area contributed by atoms with Crippen molar-refractivity contribution >= 4 is 22.4 Å². The molecule has 2 saturated carbocycles. The first-order valence-electron chi connectivity index (χ1n) is 11.8. The van der Waals surface area contributed by atoms with Crippen LogP contribution in [0, 0.1) is 17.3 Å². The van der Waals surface area contributed by atoms with E-state index in [1.54, 1.807) is 12.3 Å². The summed E-state index contributed by atoms with van der Waals surface area (Å²) in [4.78, 5) is 14.7. The third-order valence-electron chi connectivity index (χ3n) is 7.92. The SMILES string of the molecule is N[C@H](C1CC1)[C@]1(CC2CCOCC2)CC[C@@H](Oc2cc3cc[nH]c(=O)c3cc2Cl)CC1. The maximum absolute atomic E-state index is 12.0. The Kier molecular flexibility index (Phi) is 6.02. The molecule has 2 aromatic rings. The van der Waals surface area contributed by atoms with Gasteiger partial charge in [-0.2, -0.15) is 0 Å². The smallest absolute Gasteiger partial charge is 0.255 e. The Labute approximate surface area is 188 Å². The summed E-state index contributed by atoms with van der Waals surface area (Å²) < 4.78 is 12.0. The lowest BCUT2D eigenvalue weighted by Crippen LogP contribution is -2.48. The molecule has 2 aliphatic carbocycles. The molecule has 3 fully saturated rings. The number of fused-ring (bicyclic) bond motifs is 1. The molecule has 168 valence electrons. The van der Waals surface area contributed by atoms with E-state index in [9.17, 15) is 4.79 Å². The minimum atomic E-state index is -0.129. The quantitative estimate of drug-likeness (QED) is 0.654. The zero-order chi connectivity index (χ0) is 21.4. The van der Waals surface area contributed by atoms with Crippen molar-refractivity contribution in [3.8, 4) is 5.75 Å². The summed E-state index contributed by atoms with van der Waals surface area (Å²) in [6, 6.07) is 5.81. The highest BCUT2D eigenvalue weighted by atomic mass is 35.5. The lowest BCUT2D eigenvalue weighted by atomic mass is 9.62. The zero-order valence-electron chi connectivity index (χ0n) is 18.1. The summed E-state index contributed by atoms with van der Waals surface area (Å²) in [6.45, 7) is 1.79. The molecular formula is C25H33ClN2O3. The van der Waals surface area contributed by atoms with Crippen LogP contribution in [0.3, 0.4) is 0 Å². The Bertz CT molecular complexity index is 972. The number of aromatic nitrogens is 1. The maximum atomic E-state index is 12.0. The largest absolute Gasteiger partial charge is 0.489 e. The molecule has 2 heterocycles. The Balaban J connectivity index is 1.29. The van der Waals surface area contributed by atoms with Crippen molar-refractivity contribution < 1.29 is 9.47 Å². The van der Waals surface area contributed by atoms with Gasteiger partial charge in [0.15, 0.2) is 0 Å². The molecule has 31 heavy (non-hydrogen) atoms. The second-order valence-electron chi connectivity index (χ2n) is 9.98. The molecule has 1 aromatic carbocycles. The van der Waals surface area contributed by atoms with E-state index in [2.05, 4.69) is 4.98 Å². The average Bonchev–Trinajstić information content (AvgIpc) is 3.62. The Hall–Kier alpha value is -1.56. The fraction of sp³-hybridized carbons (Fsp3) is 0.640. The molecule has 0 bridgehead atoms. The van der Waals surface area contributed by atoms with Crippen molar-refractivity contribution in [2.24, 2.45) is 23.0 Å². The van der Waals surface area contributed by atoms with Crippen LogP contribution in [0.2, 0.25) is 5.02 Å². The van der Waals surface area contributed by atoms with E-state index in [-0.39, 0.29) is 17.1 Å². The van der Waals surface area contributed by atoms with Gasteiger partial charge in [-0.05, 0) is 98.6 Å². The van der Waals surface area contributed by atoms with Gasteiger partial charge < -0.3 is 20.2 Å². The topological polar surface area (TPSA) is 77.3 Å². The maximum Gasteiger partial charge on any atom is 0.255 e. The first-order chi connectivity index (χ1) is 15.0. The average molecular weight is 445 g/mol. The van der Waals surface area contributed by atoms with E-state index in [0.717, 1.165) is 50.2 Å². The van der Waals surface area contributed by atoms with Gasteiger partial charge in [0.25, 0.3) is 5.56 Å². The van der Waals surface area contributed by atoms with Gasteiger partial charge in [-0.3, -0.25) is 4.79 Å². The van der Waals surface area contributed by atoms with Gasteiger partial charge in [-0.25, -0.2) is 0 Å². The highest BCUT2D eigenvalue weighted by molar-refractivity contribution is 6.32. The fourth-order valence-corrected chi connectivity index (χ4v) is 6.11. The van der Waals surface area contributed by atoms with Gasteiger partial charge >= 0.3 is 0 Å². The van der Waals surface area contributed by atoms with Crippen molar-refractivity contribution in [2.45, 2.75) is 69.9 Å². The minimum Gasteiger partial charge on any atom is -0.489 e. The van der Waals surface area contributed by atoms with E-state index in [0.29, 0.717) is 28.1 Å². The second-order valence-corrected chi connectivity index (χ2v) is 10.4. The summed E-state index contributed by atoms with van der Waals surface area (Å²) in [5.41, 5.74) is 6.99. The number of nitrogens with two attached hydrogens (primary N) is 1. The molecule has 0 unspecified atom stereocenters. The Morgan fingerprint density at radius 3 is 2.61 bits per heavy atom. The summed E-state index contributed by atoms with van der Waals surface area (Å²) in [6.07, 6.45) is 12.2. The van der Waals surface area contributed by atoms with Crippen molar-refractivity contribution in [3.63, 3.8) is 0 Å². The van der Waals surface area contributed by atoms with Gasteiger partial charge in [-0.1, -0.05) is 11.6 Å². The monoisotopic (exact) mass is 444 g/mol. The molecule has 3 aliphatic rings. The highest BCUT2D eigenvalue weighted by Crippen LogP contribution is 2.51. The molecule has 5 nitrogen and oxygen atoms in total. The summed E-state index contributed by atoms with van der Waals surface area (Å²) >= 11 is 6.47. The highest BCUT2D eigenvalue weighted by Gasteiger charge is 2.47. The normalized spacial score (nSPS) is 28.5. The van der Waals surface area contributed by atoms with E-state index >= 15 is 0 Å². The number of halogens is 1. The molecule has 0 radical (unpaired) electrons. The molecule has 1 aliphatic heterocycles. The second kappa shape index (κ2) is 8.76. The van der Waals surface area contributed by atoms with Gasteiger partial charge in [0.1, 0.15) is 5.75 Å². The number of ether oxygens (including phenoxy) is 2. The predicted molar refractivity (Wildman–Crippen MR) is 124 cm³/mol. The molecule has 0 amide bonds. The predicted octanol–water partition coefficient (Wildman–Crippen LogP) is 5.04.